The van der Waals surface area contributed by atoms with Crippen molar-refractivity contribution < 1.29 is 23.1 Å². The Bertz CT molecular complexity index is 418. The van der Waals surface area contributed by atoms with Gasteiger partial charge in [0.1, 0.15) is 0 Å². The van der Waals surface area contributed by atoms with Crippen molar-refractivity contribution in [2.24, 2.45) is 5.84 Å². The quantitative estimate of drug-likeness (QED) is 0.445. The lowest BCUT2D eigenvalue weighted by atomic mass is 10.1. The number of nitrogens with zero attached hydrogens (tertiary/aromatic N) is 1. The molecule has 0 aromatic heterocycles. The Kier molecular flexibility index (Phi) is 3.09. The molecule has 3 N–H and O–H groups in total. The fourth-order valence-corrected chi connectivity index (χ4v) is 1.23. The molecule has 0 fully saturated rings. The van der Waals surface area contributed by atoms with Crippen LogP contribution in [0.1, 0.15) is 11.1 Å². The first-order valence-corrected chi connectivity index (χ1v) is 4.19. The SMILES string of the molecule is Cc1cc(N(N)C(=O)O)ccc1C(F)(F)F. The summed E-state index contributed by atoms with van der Waals surface area (Å²) in [6.45, 7) is 1.24. The van der Waals surface area contributed by atoms with Crippen molar-refractivity contribution >= 4 is 11.8 Å². The molecule has 1 amide bonds. The van der Waals surface area contributed by atoms with Crippen molar-refractivity contribution in [3.05, 3.63) is 29.3 Å². The van der Waals surface area contributed by atoms with Crippen LogP contribution in [-0.2, 0) is 6.18 Å². The minimum absolute atomic E-state index is 0.0157. The molecule has 88 valence electrons. The molecule has 1 aromatic carbocycles. The fraction of sp³-hybridized carbons (Fsp3) is 0.222. The lowest BCUT2D eigenvalue weighted by molar-refractivity contribution is -0.138. The van der Waals surface area contributed by atoms with Gasteiger partial charge in [0, 0.05) is 0 Å². The average Bonchev–Trinajstić information content (AvgIpc) is 2.14. The Balaban J connectivity index is 3.14. The first kappa shape index (κ1) is 12.3. The second-order valence-electron chi connectivity index (χ2n) is 3.15. The molecular formula is C9H9F3N2O2. The van der Waals surface area contributed by atoms with E-state index in [-0.39, 0.29) is 11.3 Å². The highest BCUT2D eigenvalue weighted by Crippen LogP contribution is 2.33. The molecule has 0 aliphatic heterocycles. The summed E-state index contributed by atoms with van der Waals surface area (Å²) in [5.41, 5.74) is -0.908. The van der Waals surface area contributed by atoms with E-state index >= 15 is 0 Å². The zero-order chi connectivity index (χ0) is 12.5. The molecule has 0 saturated carbocycles. The smallest absolute Gasteiger partial charge is 0.426 e. The first-order chi connectivity index (χ1) is 7.23. The summed E-state index contributed by atoms with van der Waals surface area (Å²) < 4.78 is 37.1. The van der Waals surface area contributed by atoms with Crippen molar-refractivity contribution in [1.82, 2.24) is 0 Å². The number of hydrogen-bond donors (Lipinski definition) is 2. The first-order valence-electron chi connectivity index (χ1n) is 4.19. The number of carboxylic acid groups (broad SMARTS) is 1. The number of alkyl halides is 3. The third-order valence-electron chi connectivity index (χ3n) is 2.00. The monoisotopic (exact) mass is 234 g/mol. The third kappa shape index (κ3) is 2.43. The fourth-order valence-electron chi connectivity index (χ4n) is 1.23. The van der Waals surface area contributed by atoms with Crippen molar-refractivity contribution in [3.63, 3.8) is 0 Å². The van der Waals surface area contributed by atoms with Gasteiger partial charge >= 0.3 is 12.3 Å². The van der Waals surface area contributed by atoms with E-state index in [4.69, 9.17) is 10.9 Å². The van der Waals surface area contributed by atoms with E-state index in [0.717, 1.165) is 18.2 Å². The molecule has 16 heavy (non-hydrogen) atoms. The van der Waals surface area contributed by atoms with Gasteiger partial charge in [0.15, 0.2) is 0 Å². The number of rotatable bonds is 1. The highest BCUT2D eigenvalue weighted by Gasteiger charge is 2.32. The van der Waals surface area contributed by atoms with E-state index in [2.05, 4.69) is 0 Å². The number of halogens is 3. The van der Waals surface area contributed by atoms with E-state index < -0.39 is 17.8 Å². The van der Waals surface area contributed by atoms with Crippen LogP contribution >= 0.6 is 0 Å². The molecule has 1 aromatic rings. The van der Waals surface area contributed by atoms with Gasteiger partial charge in [-0.2, -0.15) is 13.2 Å². The number of aryl methyl sites for hydroxylation is 1. The van der Waals surface area contributed by atoms with Crippen molar-refractivity contribution in [1.29, 1.82) is 0 Å². The van der Waals surface area contributed by atoms with E-state index in [9.17, 15) is 18.0 Å². The lowest BCUT2D eigenvalue weighted by Gasteiger charge is -2.15. The van der Waals surface area contributed by atoms with Gasteiger partial charge in [-0.1, -0.05) is 0 Å². The molecule has 0 saturated heterocycles. The van der Waals surface area contributed by atoms with Crippen LogP contribution in [-0.4, -0.2) is 11.2 Å². The van der Waals surface area contributed by atoms with Crippen LogP contribution in [0.3, 0.4) is 0 Å². The van der Waals surface area contributed by atoms with Crippen molar-refractivity contribution in [2.45, 2.75) is 13.1 Å². The van der Waals surface area contributed by atoms with Crippen LogP contribution in [0.25, 0.3) is 0 Å². The predicted molar refractivity (Wildman–Crippen MR) is 50.9 cm³/mol. The van der Waals surface area contributed by atoms with Gasteiger partial charge in [0.05, 0.1) is 11.3 Å². The molecule has 1 rings (SSSR count). The topological polar surface area (TPSA) is 66.6 Å². The standard InChI is InChI=1S/C9H9F3N2O2/c1-5-4-6(14(13)8(15)16)2-3-7(5)9(10,11)12/h2-4H,13H2,1H3,(H,15,16). The summed E-state index contributed by atoms with van der Waals surface area (Å²) in [6.07, 6.45) is -5.90. The Morgan fingerprint density at radius 1 is 1.44 bits per heavy atom. The number of amides is 1. The van der Waals surface area contributed by atoms with E-state index in [1.165, 1.54) is 6.92 Å². The van der Waals surface area contributed by atoms with Gasteiger partial charge in [-0.05, 0) is 30.7 Å². The number of nitrogens with two attached hydrogens (primary N) is 1. The zero-order valence-corrected chi connectivity index (χ0v) is 8.25. The van der Waals surface area contributed by atoms with Crippen LogP contribution in [0.15, 0.2) is 18.2 Å². The maximum Gasteiger partial charge on any atom is 0.426 e. The molecule has 0 spiro atoms. The van der Waals surface area contributed by atoms with Gasteiger partial charge < -0.3 is 5.11 Å². The van der Waals surface area contributed by atoms with E-state index in [1.807, 2.05) is 0 Å². The van der Waals surface area contributed by atoms with Gasteiger partial charge in [-0.25, -0.2) is 15.6 Å². The molecule has 0 radical (unpaired) electrons. The third-order valence-corrected chi connectivity index (χ3v) is 2.00. The summed E-state index contributed by atoms with van der Waals surface area (Å²) in [5.74, 6) is 5.12. The molecule has 0 aliphatic carbocycles. The Labute approximate surface area is 89.0 Å². The summed E-state index contributed by atoms with van der Waals surface area (Å²) in [6, 6.07) is 2.87. The maximum atomic E-state index is 12.4. The molecular weight excluding hydrogens is 225 g/mol. The minimum atomic E-state index is -4.45. The largest absolute Gasteiger partial charge is 0.464 e. The van der Waals surface area contributed by atoms with Crippen LogP contribution < -0.4 is 10.9 Å². The van der Waals surface area contributed by atoms with Gasteiger partial charge in [-0.3, -0.25) is 0 Å². The number of anilines is 1. The summed E-state index contributed by atoms with van der Waals surface area (Å²) in [5, 5.41) is 8.89. The second-order valence-corrected chi connectivity index (χ2v) is 3.15. The van der Waals surface area contributed by atoms with E-state index in [0.29, 0.717) is 5.01 Å². The van der Waals surface area contributed by atoms with Gasteiger partial charge in [0.2, 0.25) is 0 Å². The maximum absolute atomic E-state index is 12.4. The second kappa shape index (κ2) is 4.01. The summed E-state index contributed by atoms with van der Waals surface area (Å²) in [7, 11) is 0. The van der Waals surface area contributed by atoms with Crippen LogP contribution in [0.2, 0.25) is 0 Å². The number of hydrogen-bond acceptors (Lipinski definition) is 2. The number of benzene rings is 1. The molecule has 0 bridgehead atoms. The molecule has 0 aliphatic rings. The van der Waals surface area contributed by atoms with Crippen LogP contribution in [0, 0.1) is 6.92 Å². The van der Waals surface area contributed by atoms with Crippen molar-refractivity contribution in [3.8, 4) is 0 Å². The molecule has 0 heterocycles. The van der Waals surface area contributed by atoms with Crippen molar-refractivity contribution in [2.75, 3.05) is 5.01 Å². The number of hydrazine groups is 1. The normalized spacial score (nSPS) is 11.3. The van der Waals surface area contributed by atoms with E-state index in [1.54, 1.807) is 0 Å². The average molecular weight is 234 g/mol. The molecule has 0 atom stereocenters. The lowest BCUT2D eigenvalue weighted by Crippen LogP contribution is -2.36. The van der Waals surface area contributed by atoms with Crippen LogP contribution in [0.4, 0.5) is 23.7 Å². The Hall–Kier alpha value is -1.76. The molecule has 7 heteroatoms. The Morgan fingerprint density at radius 3 is 2.38 bits per heavy atom. The van der Waals surface area contributed by atoms with Crippen LogP contribution in [0.5, 0.6) is 0 Å². The number of carbonyl (C=O) groups is 1. The van der Waals surface area contributed by atoms with Gasteiger partial charge in [0.25, 0.3) is 0 Å². The highest BCUT2D eigenvalue weighted by atomic mass is 19.4. The summed E-state index contributed by atoms with van der Waals surface area (Å²) >= 11 is 0. The molecule has 0 unspecified atom stereocenters. The predicted octanol–water partition coefficient (Wildman–Crippen LogP) is 2.37. The van der Waals surface area contributed by atoms with Gasteiger partial charge in [-0.15, -0.1) is 0 Å². The zero-order valence-electron chi connectivity index (χ0n) is 8.25. The summed E-state index contributed by atoms with van der Waals surface area (Å²) in [4.78, 5) is 10.5. The Morgan fingerprint density at radius 2 is 2.00 bits per heavy atom. The minimum Gasteiger partial charge on any atom is -0.464 e. The highest BCUT2D eigenvalue weighted by molar-refractivity contribution is 5.84. The molecule has 4 nitrogen and oxygen atoms in total.